The first kappa shape index (κ1) is 51.2. The van der Waals surface area contributed by atoms with Crippen molar-refractivity contribution in [2.45, 2.75) is 40.8 Å². The molecule has 0 radical (unpaired) electrons. The lowest BCUT2D eigenvalue weighted by molar-refractivity contribution is 0.0506. The third-order valence-corrected chi connectivity index (χ3v) is 10.5. The molecule has 1 N–H and O–H groups in total. The van der Waals surface area contributed by atoms with Gasteiger partial charge in [-0.1, -0.05) is 29.5 Å². The van der Waals surface area contributed by atoms with Gasteiger partial charge in [-0.15, -0.1) is 0 Å². The van der Waals surface area contributed by atoms with E-state index in [1.807, 2.05) is 13.0 Å². The summed E-state index contributed by atoms with van der Waals surface area (Å²) >= 11 is 2.29. The molecule has 0 saturated heterocycles. The van der Waals surface area contributed by atoms with Crippen LogP contribution in [0.4, 0.5) is 17.6 Å². The van der Waals surface area contributed by atoms with Gasteiger partial charge in [-0.3, -0.25) is 0 Å². The van der Waals surface area contributed by atoms with Crippen LogP contribution in [0, 0.1) is 23.3 Å². The number of alkyl halides is 1. The number of nitrogens with zero attached hydrogens (tertiary/aromatic N) is 4. The summed E-state index contributed by atoms with van der Waals surface area (Å²) in [5.74, 6) is -2.46. The maximum atomic E-state index is 14.6. The number of pyridine rings is 2. The van der Waals surface area contributed by atoms with Crippen LogP contribution in [0.5, 0.6) is 23.3 Å². The third kappa shape index (κ3) is 11.4. The van der Waals surface area contributed by atoms with E-state index in [9.17, 15) is 32.3 Å². The number of hydrogen-bond donors (Lipinski definition) is 1. The Bertz CT molecular complexity index is 3100. The number of carbonyl (C=O) groups excluding carboxylic acids is 2. The molecular weight excluding hydrogens is 1010 g/mol. The number of methoxy groups -OCH3 is 2. The molecule has 0 aliphatic carbocycles. The topological polar surface area (TPSA) is 136 Å². The van der Waals surface area contributed by atoms with E-state index < -0.39 is 35.2 Å². The minimum absolute atomic E-state index is 0.0221. The molecule has 4 heterocycles. The molecule has 8 rings (SSSR count). The first-order valence-corrected chi connectivity index (χ1v) is 23.3. The van der Waals surface area contributed by atoms with Crippen LogP contribution in [0.2, 0.25) is 0 Å². The fourth-order valence-corrected chi connectivity index (χ4v) is 7.79. The molecule has 0 atom stereocenters. The average Bonchev–Trinajstić information content (AvgIpc) is 3.83. The largest absolute Gasteiger partial charge is 0.508 e. The lowest BCUT2D eigenvalue weighted by Gasteiger charge is -2.13. The Hall–Kier alpha value is -7.15. The van der Waals surface area contributed by atoms with Crippen LogP contribution in [0.25, 0.3) is 44.1 Å². The monoisotopic (exact) mass is 1060 g/mol. The second kappa shape index (κ2) is 23.7. The number of esters is 2. The van der Waals surface area contributed by atoms with Crippen LogP contribution in [0.15, 0.2) is 109 Å². The fraction of sp³-hybridized carbons (Fsp3) is 0.231. The van der Waals surface area contributed by atoms with E-state index in [1.54, 1.807) is 77.8 Å². The molecule has 0 aliphatic rings. The smallest absolute Gasteiger partial charge is 0.355 e. The Morgan fingerprint density at radius 3 is 1.49 bits per heavy atom. The van der Waals surface area contributed by atoms with Crippen LogP contribution in [0.3, 0.4) is 0 Å². The molecule has 12 nitrogen and oxygen atoms in total. The molecule has 8 aromatic rings. The summed E-state index contributed by atoms with van der Waals surface area (Å²) in [6.45, 7) is 7.84. The van der Waals surface area contributed by atoms with Gasteiger partial charge in [-0.05, 0) is 122 Å². The standard InChI is InChI=1S/C26H24F2N2O4.C24H20F2N2O4.C2H5I/c1-4-33-18-9-11-22-20(14-18)23(19-7-6-12-29-25(19)32-3)24(26(31)34-5-2)30(22)15-16-13-17(27)8-10-21(16)28;1-3-32-24(30)22-21(17-5-4-10-27-23(17)31-2)18-12-16(29)7-9-20(18)28(22)13-14-11-15(25)6-8-19(14)26;1-2-3/h6-14H,4-5,15H2,1-3H3;4-12,29H,3,13H2,1-2H3;2H2,1H3. The Labute approximate surface area is 409 Å². The van der Waals surface area contributed by atoms with Gasteiger partial charge in [0.1, 0.15) is 46.2 Å². The first-order chi connectivity index (χ1) is 33.3. The molecule has 0 fully saturated rings. The van der Waals surface area contributed by atoms with Crippen molar-refractivity contribution < 1.29 is 55.9 Å². The second-order valence-electron chi connectivity index (χ2n) is 14.7. The van der Waals surface area contributed by atoms with E-state index in [0.717, 1.165) is 36.4 Å². The Kier molecular flexibility index (Phi) is 17.6. The number of halogens is 5. The van der Waals surface area contributed by atoms with Gasteiger partial charge in [0, 0.05) is 67.6 Å². The van der Waals surface area contributed by atoms with E-state index in [1.165, 1.54) is 30.8 Å². The molecule has 0 bridgehead atoms. The van der Waals surface area contributed by atoms with Crippen LogP contribution in [-0.2, 0) is 22.6 Å². The van der Waals surface area contributed by atoms with Crippen LogP contribution in [-0.4, -0.2) is 74.6 Å². The molecular formula is C52H49F4IN4O8. The zero-order valence-electron chi connectivity index (χ0n) is 38.6. The van der Waals surface area contributed by atoms with Gasteiger partial charge >= 0.3 is 11.9 Å². The first-order valence-electron chi connectivity index (χ1n) is 21.7. The number of ether oxygens (including phenoxy) is 5. The van der Waals surface area contributed by atoms with Crippen LogP contribution >= 0.6 is 22.6 Å². The fourth-order valence-electron chi connectivity index (χ4n) is 7.79. The highest BCUT2D eigenvalue weighted by molar-refractivity contribution is 14.1. The molecule has 0 amide bonds. The maximum absolute atomic E-state index is 14.6. The van der Waals surface area contributed by atoms with Gasteiger partial charge in [0.05, 0.1) is 47.1 Å². The maximum Gasteiger partial charge on any atom is 0.355 e. The molecule has 360 valence electrons. The third-order valence-electron chi connectivity index (χ3n) is 10.5. The van der Waals surface area contributed by atoms with Crippen LogP contribution < -0.4 is 14.2 Å². The van der Waals surface area contributed by atoms with Gasteiger partial charge in [0.25, 0.3) is 0 Å². The van der Waals surface area contributed by atoms with Crippen molar-refractivity contribution in [2.75, 3.05) is 38.5 Å². The zero-order valence-corrected chi connectivity index (χ0v) is 40.8. The number of benzene rings is 4. The van der Waals surface area contributed by atoms with E-state index >= 15 is 0 Å². The highest BCUT2D eigenvalue weighted by Crippen LogP contribution is 2.43. The number of phenols is 1. The number of phenolic OH excluding ortho intramolecular Hbond substituents is 1. The highest BCUT2D eigenvalue weighted by Gasteiger charge is 2.30. The van der Waals surface area contributed by atoms with E-state index in [-0.39, 0.29) is 60.4 Å². The summed E-state index contributed by atoms with van der Waals surface area (Å²) in [5, 5.41) is 11.3. The van der Waals surface area contributed by atoms with Crippen molar-refractivity contribution in [3.05, 3.63) is 155 Å². The lowest BCUT2D eigenvalue weighted by Crippen LogP contribution is -2.15. The summed E-state index contributed by atoms with van der Waals surface area (Å²) in [5.41, 5.74) is 3.57. The number of aromatic nitrogens is 4. The van der Waals surface area contributed by atoms with Gasteiger partial charge in [0.15, 0.2) is 0 Å². The molecule has 0 saturated carbocycles. The van der Waals surface area contributed by atoms with Crippen molar-refractivity contribution in [3.8, 4) is 45.5 Å². The number of aromatic hydroxyl groups is 1. The van der Waals surface area contributed by atoms with Gasteiger partial charge < -0.3 is 37.9 Å². The SMILES string of the molecule is CCI.CCOC(=O)c1c(-c2cccnc2OC)c2cc(O)ccc2n1Cc1cc(F)ccc1F.CCOC(=O)c1c(-c2cccnc2OC)c2cc(OCC)ccc2n1Cc1cc(F)ccc1F. The van der Waals surface area contributed by atoms with Crippen molar-refractivity contribution in [3.63, 3.8) is 0 Å². The molecule has 69 heavy (non-hydrogen) atoms. The summed E-state index contributed by atoms with van der Waals surface area (Å²) in [6, 6.07) is 23.2. The van der Waals surface area contributed by atoms with E-state index in [2.05, 4.69) is 39.5 Å². The predicted molar refractivity (Wildman–Crippen MR) is 264 cm³/mol. The van der Waals surface area contributed by atoms with E-state index in [4.69, 9.17) is 23.7 Å². The summed E-state index contributed by atoms with van der Waals surface area (Å²) in [6.07, 6.45) is 3.13. The Morgan fingerprint density at radius 2 is 1.06 bits per heavy atom. The lowest BCUT2D eigenvalue weighted by atomic mass is 10.0. The quantitative estimate of drug-likeness (QED) is 0.0485. The molecule has 0 aliphatic heterocycles. The summed E-state index contributed by atoms with van der Waals surface area (Å²) in [4.78, 5) is 34.9. The minimum atomic E-state index is -0.652. The minimum Gasteiger partial charge on any atom is -0.508 e. The molecule has 17 heteroatoms. The van der Waals surface area contributed by atoms with Crippen molar-refractivity contribution in [2.24, 2.45) is 0 Å². The molecule has 0 unspecified atom stereocenters. The Morgan fingerprint density at radius 1 is 0.609 bits per heavy atom. The van der Waals surface area contributed by atoms with Crippen molar-refractivity contribution in [1.82, 2.24) is 19.1 Å². The Balaban J connectivity index is 0.000000215. The summed E-state index contributed by atoms with van der Waals surface area (Å²) in [7, 11) is 2.94. The van der Waals surface area contributed by atoms with Gasteiger partial charge in [0.2, 0.25) is 11.8 Å². The van der Waals surface area contributed by atoms with Gasteiger partial charge in [-0.2, -0.15) is 0 Å². The number of carbonyl (C=O) groups is 2. The van der Waals surface area contributed by atoms with Crippen molar-refractivity contribution in [1.29, 1.82) is 0 Å². The number of hydrogen-bond acceptors (Lipinski definition) is 10. The number of fused-ring (bicyclic) bond motifs is 2. The van der Waals surface area contributed by atoms with Crippen LogP contribution in [0.1, 0.15) is 59.8 Å². The van der Waals surface area contributed by atoms with E-state index in [0.29, 0.717) is 62.3 Å². The molecule has 4 aromatic heterocycles. The number of rotatable bonds is 14. The molecule has 0 spiro atoms. The normalized spacial score (nSPS) is 10.8. The predicted octanol–water partition coefficient (Wildman–Crippen LogP) is 12.0. The average molecular weight is 1060 g/mol. The zero-order chi connectivity index (χ0) is 49.8. The summed E-state index contributed by atoms with van der Waals surface area (Å²) < 4.78 is 88.5. The van der Waals surface area contributed by atoms with Gasteiger partial charge in [-0.25, -0.2) is 37.1 Å². The van der Waals surface area contributed by atoms with Crippen molar-refractivity contribution >= 4 is 56.3 Å². The molecule has 4 aromatic carbocycles. The second-order valence-corrected chi connectivity index (χ2v) is 16.3. The highest BCUT2D eigenvalue weighted by atomic mass is 127.